The summed E-state index contributed by atoms with van der Waals surface area (Å²) in [5, 5.41) is 39.8. The molecule has 2 aromatic carbocycles. The maximum atomic E-state index is 13.7. The van der Waals surface area contributed by atoms with Crippen molar-refractivity contribution < 1.29 is 39.2 Å². The van der Waals surface area contributed by atoms with Crippen LogP contribution in [-0.4, -0.2) is 44.0 Å². The molecule has 0 aliphatic rings. The van der Waals surface area contributed by atoms with Crippen molar-refractivity contribution in [3.8, 4) is 28.6 Å². The summed E-state index contributed by atoms with van der Waals surface area (Å²) in [5.74, 6) is -3.36. The van der Waals surface area contributed by atoms with Gasteiger partial charge in [0.05, 0.1) is 35.6 Å². The molecule has 2 aromatic heterocycles. The lowest BCUT2D eigenvalue weighted by Crippen LogP contribution is -2.29. The number of methoxy groups -OCH3 is 1. The van der Waals surface area contributed by atoms with E-state index < -0.39 is 23.4 Å². The number of hydrogen-bond acceptors (Lipinski definition) is 8. The van der Waals surface area contributed by atoms with Crippen LogP contribution in [0.1, 0.15) is 45.3 Å². The minimum absolute atomic E-state index is 0.00975. The zero-order valence-electron chi connectivity index (χ0n) is 21.6. The number of nitrogens with zero attached hydrogens (tertiary/aromatic N) is 1. The van der Waals surface area contributed by atoms with Crippen molar-refractivity contribution in [1.82, 2.24) is 4.57 Å². The highest BCUT2D eigenvalue weighted by molar-refractivity contribution is 6.33. The van der Waals surface area contributed by atoms with Gasteiger partial charge in [-0.2, -0.15) is 0 Å². The van der Waals surface area contributed by atoms with Crippen LogP contribution in [0.25, 0.3) is 11.3 Å². The standard InChI is InChI=1S/C29H26ClNO9/c1-15-11-23(34)27(28(36)31(15)10-9-16-3-6-21(32)22(33)12-16)19(14-26(35)39-2)25-8-7-24(40-25)18-13-17(29(37)38)4-5-20(18)30/h3-8,11-13,19,32-34H,9-10,14H2,1-2H3,(H,37,38). The molecule has 0 amide bonds. The van der Waals surface area contributed by atoms with Gasteiger partial charge in [-0.3, -0.25) is 9.59 Å². The number of carboxylic acid groups (broad SMARTS) is 1. The van der Waals surface area contributed by atoms with Gasteiger partial charge < -0.3 is 34.1 Å². The first-order valence-electron chi connectivity index (χ1n) is 12.1. The summed E-state index contributed by atoms with van der Waals surface area (Å²) in [7, 11) is 1.20. The number of ether oxygens (including phenoxy) is 1. The molecule has 0 bridgehead atoms. The molecule has 0 aliphatic carbocycles. The van der Waals surface area contributed by atoms with Crippen molar-refractivity contribution in [2.45, 2.75) is 32.2 Å². The van der Waals surface area contributed by atoms with Gasteiger partial charge in [-0.05, 0) is 67.4 Å². The van der Waals surface area contributed by atoms with Gasteiger partial charge >= 0.3 is 11.9 Å². The minimum Gasteiger partial charge on any atom is -0.507 e. The molecule has 0 radical (unpaired) electrons. The number of esters is 1. The van der Waals surface area contributed by atoms with Crippen molar-refractivity contribution in [3.63, 3.8) is 0 Å². The van der Waals surface area contributed by atoms with Crippen molar-refractivity contribution in [2.24, 2.45) is 0 Å². The van der Waals surface area contributed by atoms with Gasteiger partial charge in [0.15, 0.2) is 11.5 Å². The van der Waals surface area contributed by atoms with Gasteiger partial charge in [-0.25, -0.2) is 4.79 Å². The van der Waals surface area contributed by atoms with Crippen LogP contribution in [0.4, 0.5) is 0 Å². The van der Waals surface area contributed by atoms with Crippen LogP contribution in [0.2, 0.25) is 5.02 Å². The number of aromatic hydroxyl groups is 3. The van der Waals surface area contributed by atoms with Crippen LogP contribution in [0.3, 0.4) is 0 Å². The van der Waals surface area contributed by atoms with Gasteiger partial charge in [0.2, 0.25) is 0 Å². The fraction of sp³-hybridized carbons (Fsp3) is 0.207. The summed E-state index contributed by atoms with van der Waals surface area (Å²) in [6.45, 7) is 1.82. The summed E-state index contributed by atoms with van der Waals surface area (Å²) in [4.78, 5) is 37.5. The Labute approximate surface area is 233 Å². The average molecular weight is 568 g/mol. The number of carboxylic acids is 1. The lowest BCUT2D eigenvalue weighted by Gasteiger charge is -2.19. The van der Waals surface area contributed by atoms with Gasteiger partial charge in [-0.1, -0.05) is 17.7 Å². The number of aryl methyl sites for hydroxylation is 2. The Kier molecular flexibility index (Phi) is 8.20. The Bertz CT molecular complexity index is 1650. The largest absolute Gasteiger partial charge is 0.507 e. The molecule has 208 valence electrons. The van der Waals surface area contributed by atoms with Crippen LogP contribution in [0.5, 0.6) is 17.2 Å². The van der Waals surface area contributed by atoms with Crippen LogP contribution in [0, 0.1) is 6.92 Å². The molecular formula is C29H26ClNO9. The first kappa shape index (κ1) is 28.3. The molecule has 0 saturated carbocycles. The van der Waals surface area contributed by atoms with Crippen LogP contribution < -0.4 is 5.56 Å². The van der Waals surface area contributed by atoms with Crippen molar-refractivity contribution in [2.75, 3.05) is 7.11 Å². The molecule has 11 heteroatoms. The molecule has 0 saturated heterocycles. The topological polar surface area (TPSA) is 159 Å². The molecule has 40 heavy (non-hydrogen) atoms. The third-order valence-corrected chi connectivity index (χ3v) is 6.91. The molecular weight excluding hydrogens is 542 g/mol. The highest BCUT2D eigenvalue weighted by atomic mass is 35.5. The van der Waals surface area contributed by atoms with Crippen LogP contribution >= 0.6 is 11.6 Å². The first-order valence-corrected chi connectivity index (χ1v) is 12.5. The quantitative estimate of drug-likeness (QED) is 0.164. The Hall–Kier alpha value is -4.70. The van der Waals surface area contributed by atoms with Crippen molar-refractivity contribution in [3.05, 3.63) is 98.1 Å². The number of aromatic nitrogens is 1. The number of benzene rings is 2. The number of carbonyl (C=O) groups excluding carboxylic acids is 1. The Balaban J connectivity index is 1.76. The molecule has 4 rings (SSSR count). The maximum absolute atomic E-state index is 13.7. The summed E-state index contributed by atoms with van der Waals surface area (Å²) in [5.41, 5.74) is 0.771. The predicted molar refractivity (Wildman–Crippen MR) is 145 cm³/mol. The fourth-order valence-electron chi connectivity index (χ4n) is 4.47. The number of aromatic carboxylic acids is 1. The predicted octanol–water partition coefficient (Wildman–Crippen LogP) is 4.82. The highest BCUT2D eigenvalue weighted by Gasteiger charge is 2.29. The Morgan fingerprint density at radius 2 is 1.75 bits per heavy atom. The van der Waals surface area contributed by atoms with Crippen molar-refractivity contribution >= 4 is 23.5 Å². The van der Waals surface area contributed by atoms with E-state index in [1.807, 2.05) is 0 Å². The normalized spacial score (nSPS) is 11.8. The summed E-state index contributed by atoms with van der Waals surface area (Å²) < 4.78 is 12.3. The number of phenols is 2. The zero-order chi connectivity index (χ0) is 29.1. The summed E-state index contributed by atoms with van der Waals surface area (Å²) in [6.07, 6.45) is -0.00612. The average Bonchev–Trinajstić information content (AvgIpc) is 3.39. The first-order chi connectivity index (χ1) is 19.0. The van der Waals surface area contributed by atoms with Crippen LogP contribution in [-0.2, 0) is 22.5 Å². The molecule has 0 aliphatic heterocycles. The summed E-state index contributed by atoms with van der Waals surface area (Å²) >= 11 is 6.29. The number of hydrogen-bond donors (Lipinski definition) is 4. The smallest absolute Gasteiger partial charge is 0.335 e. The molecule has 4 N–H and O–H groups in total. The molecule has 0 fully saturated rings. The van der Waals surface area contributed by atoms with Gasteiger partial charge in [-0.15, -0.1) is 0 Å². The van der Waals surface area contributed by atoms with Gasteiger partial charge in [0, 0.05) is 17.8 Å². The second-order valence-electron chi connectivity index (χ2n) is 9.15. The maximum Gasteiger partial charge on any atom is 0.335 e. The second-order valence-corrected chi connectivity index (χ2v) is 9.56. The number of carbonyl (C=O) groups is 2. The van der Waals surface area contributed by atoms with Crippen molar-refractivity contribution in [1.29, 1.82) is 0 Å². The second kappa shape index (κ2) is 11.6. The van der Waals surface area contributed by atoms with E-state index >= 15 is 0 Å². The molecule has 1 atom stereocenters. The number of furan rings is 1. The number of rotatable bonds is 9. The Morgan fingerprint density at radius 1 is 1.00 bits per heavy atom. The molecule has 1 unspecified atom stereocenters. The molecule has 4 aromatic rings. The van der Waals surface area contributed by atoms with E-state index in [9.17, 15) is 34.8 Å². The van der Waals surface area contributed by atoms with E-state index in [1.54, 1.807) is 13.0 Å². The third-order valence-electron chi connectivity index (χ3n) is 6.58. The lowest BCUT2D eigenvalue weighted by molar-refractivity contribution is -0.140. The third kappa shape index (κ3) is 5.81. The van der Waals surface area contributed by atoms with E-state index in [0.717, 1.165) is 0 Å². The van der Waals surface area contributed by atoms with E-state index in [0.29, 0.717) is 23.2 Å². The Morgan fingerprint density at radius 3 is 2.42 bits per heavy atom. The van der Waals surface area contributed by atoms with E-state index in [4.69, 9.17) is 20.8 Å². The fourth-order valence-corrected chi connectivity index (χ4v) is 4.68. The van der Waals surface area contributed by atoms with E-state index in [1.165, 1.54) is 60.2 Å². The molecule has 10 nitrogen and oxygen atoms in total. The molecule has 0 spiro atoms. The van der Waals surface area contributed by atoms with Crippen LogP contribution in [0.15, 0.2) is 63.8 Å². The minimum atomic E-state index is -1.15. The SMILES string of the molecule is COC(=O)CC(c1ccc(-c2cc(C(=O)O)ccc2Cl)o1)c1c(O)cc(C)n(CCc2ccc(O)c(O)c2)c1=O. The van der Waals surface area contributed by atoms with Gasteiger partial charge in [0.25, 0.3) is 5.56 Å². The lowest BCUT2D eigenvalue weighted by atomic mass is 9.93. The summed E-state index contributed by atoms with van der Waals surface area (Å²) in [6, 6.07) is 12.9. The zero-order valence-corrected chi connectivity index (χ0v) is 22.3. The van der Waals surface area contributed by atoms with E-state index in [-0.39, 0.29) is 57.9 Å². The number of pyridine rings is 1. The number of halogens is 1. The van der Waals surface area contributed by atoms with Gasteiger partial charge in [0.1, 0.15) is 17.3 Å². The highest BCUT2D eigenvalue weighted by Crippen LogP contribution is 2.37. The van der Waals surface area contributed by atoms with E-state index in [2.05, 4.69) is 0 Å². The monoisotopic (exact) mass is 567 g/mol. The molecule has 2 heterocycles. The number of phenolic OH excluding ortho intramolecular Hbond substituents is 2.